The van der Waals surface area contributed by atoms with Crippen molar-refractivity contribution in [1.82, 2.24) is 0 Å². The number of aromatic carboxylic acids is 1. The first-order valence-electron chi connectivity index (χ1n) is 6.27. The molecule has 3 rings (SSSR count). The Balaban J connectivity index is 1.65. The van der Waals surface area contributed by atoms with Gasteiger partial charge in [0.05, 0.1) is 5.00 Å². The molecule has 2 fully saturated rings. The van der Waals surface area contributed by atoms with E-state index in [0.717, 1.165) is 23.7 Å². The Morgan fingerprint density at radius 2 is 2.11 bits per heavy atom. The zero-order valence-electron chi connectivity index (χ0n) is 9.89. The second-order valence-electron chi connectivity index (χ2n) is 5.24. The maximum absolute atomic E-state index is 12.1. The molecule has 0 aliphatic heterocycles. The number of hydrogen-bond donors (Lipinski definition) is 2. The van der Waals surface area contributed by atoms with E-state index in [0.29, 0.717) is 10.9 Å². The molecule has 5 heteroatoms. The van der Waals surface area contributed by atoms with Gasteiger partial charge in [-0.3, -0.25) is 4.79 Å². The van der Waals surface area contributed by atoms with Gasteiger partial charge in [-0.25, -0.2) is 4.79 Å². The highest BCUT2D eigenvalue weighted by Crippen LogP contribution is 2.48. The van der Waals surface area contributed by atoms with Gasteiger partial charge in [-0.05, 0) is 43.2 Å². The monoisotopic (exact) mass is 265 g/mol. The molecule has 96 valence electrons. The van der Waals surface area contributed by atoms with Gasteiger partial charge >= 0.3 is 5.97 Å². The van der Waals surface area contributed by atoms with Crippen molar-refractivity contribution in [2.24, 2.45) is 17.8 Å². The van der Waals surface area contributed by atoms with E-state index in [9.17, 15) is 9.59 Å². The normalized spacial score (nSPS) is 29.4. The number of carbonyl (C=O) groups excluding carboxylic acids is 1. The molecule has 2 N–H and O–H groups in total. The molecule has 1 heterocycles. The Morgan fingerprint density at radius 1 is 1.28 bits per heavy atom. The number of carboxylic acid groups (broad SMARTS) is 1. The molecule has 2 saturated carbocycles. The van der Waals surface area contributed by atoms with Gasteiger partial charge in [-0.2, -0.15) is 0 Å². The molecule has 18 heavy (non-hydrogen) atoms. The van der Waals surface area contributed by atoms with Gasteiger partial charge in [0.25, 0.3) is 0 Å². The van der Waals surface area contributed by atoms with Crippen LogP contribution in [0.1, 0.15) is 35.4 Å². The van der Waals surface area contributed by atoms with Gasteiger partial charge in [0.1, 0.15) is 4.88 Å². The second kappa shape index (κ2) is 4.39. The van der Waals surface area contributed by atoms with E-state index in [1.54, 1.807) is 6.07 Å². The average Bonchev–Trinajstić information content (AvgIpc) is 3.03. The van der Waals surface area contributed by atoms with E-state index in [2.05, 4.69) is 5.32 Å². The number of carbonyl (C=O) groups is 2. The zero-order valence-corrected chi connectivity index (χ0v) is 10.7. The summed E-state index contributed by atoms with van der Waals surface area (Å²) in [5.41, 5.74) is 0. The second-order valence-corrected chi connectivity index (χ2v) is 6.32. The summed E-state index contributed by atoms with van der Waals surface area (Å²) in [7, 11) is 0. The molecule has 1 aromatic rings. The lowest BCUT2D eigenvalue weighted by Crippen LogP contribution is -2.26. The lowest BCUT2D eigenvalue weighted by molar-refractivity contribution is -0.121. The molecule has 3 atom stereocenters. The van der Waals surface area contributed by atoms with Crippen molar-refractivity contribution in [3.05, 3.63) is 17.0 Å². The molecule has 4 nitrogen and oxygen atoms in total. The van der Waals surface area contributed by atoms with Crippen molar-refractivity contribution in [2.75, 3.05) is 5.32 Å². The van der Waals surface area contributed by atoms with Crippen LogP contribution in [-0.2, 0) is 4.79 Å². The van der Waals surface area contributed by atoms with E-state index in [-0.39, 0.29) is 16.7 Å². The SMILES string of the molecule is O=C(O)c1ccc(NC(=O)C2CC3CCC2C3)s1. The first-order valence-corrected chi connectivity index (χ1v) is 7.09. The van der Waals surface area contributed by atoms with Crippen LogP contribution in [0.15, 0.2) is 12.1 Å². The maximum atomic E-state index is 12.1. The summed E-state index contributed by atoms with van der Waals surface area (Å²) in [4.78, 5) is 23.2. The van der Waals surface area contributed by atoms with E-state index >= 15 is 0 Å². The number of amides is 1. The highest BCUT2D eigenvalue weighted by atomic mass is 32.1. The maximum Gasteiger partial charge on any atom is 0.345 e. The van der Waals surface area contributed by atoms with Gasteiger partial charge in [-0.1, -0.05) is 6.42 Å². The topological polar surface area (TPSA) is 66.4 Å². The summed E-state index contributed by atoms with van der Waals surface area (Å²) in [5.74, 6) is 0.554. The van der Waals surface area contributed by atoms with Crippen LogP contribution < -0.4 is 5.32 Å². The van der Waals surface area contributed by atoms with Crippen molar-refractivity contribution in [1.29, 1.82) is 0 Å². The molecule has 0 spiro atoms. The van der Waals surface area contributed by atoms with Crippen LogP contribution >= 0.6 is 11.3 Å². The molecule has 3 unspecified atom stereocenters. The summed E-state index contributed by atoms with van der Waals surface area (Å²) >= 11 is 1.12. The molecule has 1 amide bonds. The fourth-order valence-electron chi connectivity index (χ4n) is 3.30. The highest BCUT2D eigenvalue weighted by Gasteiger charge is 2.43. The van der Waals surface area contributed by atoms with E-state index < -0.39 is 5.97 Å². The van der Waals surface area contributed by atoms with Gasteiger partial charge in [0.15, 0.2) is 0 Å². The molecule has 0 saturated heterocycles. The van der Waals surface area contributed by atoms with Crippen LogP contribution in [-0.4, -0.2) is 17.0 Å². The van der Waals surface area contributed by atoms with Crippen LogP contribution in [0.5, 0.6) is 0 Å². The van der Waals surface area contributed by atoms with Gasteiger partial charge in [0, 0.05) is 5.92 Å². The van der Waals surface area contributed by atoms with Crippen molar-refractivity contribution in [3.63, 3.8) is 0 Å². The quantitative estimate of drug-likeness (QED) is 0.883. The molecular weight excluding hydrogens is 250 g/mol. The number of rotatable bonds is 3. The number of carboxylic acids is 1. The number of fused-ring (bicyclic) bond motifs is 2. The minimum absolute atomic E-state index is 0.0704. The van der Waals surface area contributed by atoms with E-state index in [1.807, 2.05) is 0 Å². The number of nitrogens with one attached hydrogen (secondary N) is 1. The van der Waals surface area contributed by atoms with Crippen LogP contribution in [0.2, 0.25) is 0 Å². The Bertz CT molecular complexity index is 496. The first-order chi connectivity index (χ1) is 8.63. The van der Waals surface area contributed by atoms with Crippen LogP contribution in [0.25, 0.3) is 0 Å². The van der Waals surface area contributed by atoms with Crippen LogP contribution in [0.3, 0.4) is 0 Å². The van der Waals surface area contributed by atoms with Crippen molar-refractivity contribution >= 4 is 28.2 Å². The summed E-state index contributed by atoms with van der Waals surface area (Å²) in [5, 5.41) is 12.3. The predicted octanol–water partition coefficient (Wildman–Crippen LogP) is 2.82. The third-order valence-corrected chi connectivity index (χ3v) is 5.13. The standard InChI is InChI=1S/C13H15NO3S/c15-12(9-6-7-1-2-8(9)5-7)14-11-4-3-10(18-11)13(16)17/h3-4,7-9H,1-2,5-6H2,(H,14,15)(H,16,17). The molecule has 2 aliphatic rings. The Morgan fingerprint density at radius 3 is 2.67 bits per heavy atom. The fourth-order valence-corrected chi connectivity index (χ4v) is 4.05. The summed E-state index contributed by atoms with van der Waals surface area (Å²) in [6, 6.07) is 3.20. The van der Waals surface area contributed by atoms with Crippen molar-refractivity contribution < 1.29 is 14.7 Å². The van der Waals surface area contributed by atoms with Gasteiger partial charge in [-0.15, -0.1) is 11.3 Å². The lowest BCUT2D eigenvalue weighted by Gasteiger charge is -2.20. The number of hydrogen-bond acceptors (Lipinski definition) is 3. The third-order valence-electron chi connectivity index (χ3n) is 4.14. The largest absolute Gasteiger partial charge is 0.477 e. The number of thiophene rings is 1. The average molecular weight is 265 g/mol. The minimum Gasteiger partial charge on any atom is -0.477 e. The Labute approximate surface area is 109 Å². The first kappa shape index (κ1) is 11.7. The van der Waals surface area contributed by atoms with Crippen LogP contribution in [0.4, 0.5) is 5.00 Å². The summed E-state index contributed by atoms with van der Waals surface area (Å²) in [6.45, 7) is 0. The molecule has 0 aromatic carbocycles. The Kier molecular flexibility index (Phi) is 2.86. The summed E-state index contributed by atoms with van der Waals surface area (Å²) < 4.78 is 0. The van der Waals surface area contributed by atoms with Gasteiger partial charge < -0.3 is 10.4 Å². The van der Waals surface area contributed by atoms with Gasteiger partial charge in [0.2, 0.25) is 5.91 Å². The molecule has 1 aromatic heterocycles. The van der Waals surface area contributed by atoms with Crippen molar-refractivity contribution in [2.45, 2.75) is 25.7 Å². The Hall–Kier alpha value is -1.36. The highest BCUT2D eigenvalue weighted by molar-refractivity contribution is 7.18. The molecule has 2 aliphatic carbocycles. The van der Waals surface area contributed by atoms with E-state index in [4.69, 9.17) is 5.11 Å². The minimum atomic E-state index is -0.944. The fraction of sp³-hybridized carbons (Fsp3) is 0.538. The molecular formula is C13H15NO3S. The molecule has 0 radical (unpaired) electrons. The predicted molar refractivity (Wildman–Crippen MR) is 68.8 cm³/mol. The van der Waals surface area contributed by atoms with Crippen molar-refractivity contribution in [3.8, 4) is 0 Å². The third kappa shape index (κ3) is 2.03. The lowest BCUT2D eigenvalue weighted by atomic mass is 9.88. The number of anilines is 1. The smallest absolute Gasteiger partial charge is 0.345 e. The molecule has 2 bridgehead atoms. The van der Waals surface area contributed by atoms with E-state index in [1.165, 1.54) is 25.3 Å². The summed E-state index contributed by atoms with van der Waals surface area (Å²) in [6.07, 6.45) is 4.65. The zero-order chi connectivity index (χ0) is 12.7. The van der Waals surface area contributed by atoms with Crippen LogP contribution in [0, 0.1) is 17.8 Å².